The maximum atomic E-state index is 13.1. The predicted molar refractivity (Wildman–Crippen MR) is 116 cm³/mol. The van der Waals surface area contributed by atoms with Gasteiger partial charge in [0.05, 0.1) is 5.92 Å². The van der Waals surface area contributed by atoms with Gasteiger partial charge in [0, 0.05) is 38.0 Å². The lowest BCUT2D eigenvalue weighted by atomic mass is 9.57. The molecule has 6 heteroatoms. The molecule has 7 atom stereocenters. The van der Waals surface area contributed by atoms with Gasteiger partial charge >= 0.3 is 5.97 Å². The van der Waals surface area contributed by atoms with E-state index in [1.807, 2.05) is 21.0 Å². The summed E-state index contributed by atoms with van der Waals surface area (Å²) in [4.78, 5) is 27.2. The third kappa shape index (κ3) is 3.47. The normalized spacial score (nSPS) is 41.3. The molecule has 4 heterocycles. The summed E-state index contributed by atoms with van der Waals surface area (Å²) in [5, 5.41) is 0. The summed E-state index contributed by atoms with van der Waals surface area (Å²) >= 11 is 0. The fraction of sp³-hybridized carbons (Fsp3) is 0.720. The van der Waals surface area contributed by atoms with Crippen LogP contribution >= 0.6 is 0 Å². The number of fused-ring (bicyclic) bond motifs is 2. The lowest BCUT2D eigenvalue weighted by molar-refractivity contribution is -0.559. The molecule has 0 N–H and O–H groups in total. The number of anilines is 1. The summed E-state index contributed by atoms with van der Waals surface area (Å²) in [6.45, 7) is 4.18. The molecule has 0 radical (unpaired) electrons. The quantitative estimate of drug-likeness (QED) is 0.509. The van der Waals surface area contributed by atoms with Crippen molar-refractivity contribution in [3.63, 3.8) is 0 Å². The van der Waals surface area contributed by atoms with E-state index in [0.29, 0.717) is 5.92 Å². The molecule has 1 aromatic rings. The van der Waals surface area contributed by atoms with Crippen molar-refractivity contribution in [3.05, 3.63) is 29.8 Å². The Morgan fingerprint density at radius 1 is 1.06 bits per heavy atom. The summed E-state index contributed by atoms with van der Waals surface area (Å²) in [5.74, 6) is -0.255. The van der Waals surface area contributed by atoms with Gasteiger partial charge in [-0.15, -0.1) is 0 Å². The number of benzene rings is 1. The van der Waals surface area contributed by atoms with Gasteiger partial charge in [-0.1, -0.05) is 19.1 Å². The molecule has 6 nitrogen and oxygen atoms in total. The van der Waals surface area contributed by atoms with Gasteiger partial charge in [-0.2, -0.15) is 0 Å². The number of aryl methyl sites for hydroxylation is 1. The Hall–Kier alpha value is -1.63. The average Bonchev–Trinajstić information content (AvgIpc) is 2.97. The van der Waals surface area contributed by atoms with Gasteiger partial charge in [-0.3, -0.25) is 4.79 Å². The predicted octanol–water partition coefficient (Wildman–Crippen LogP) is 4.46. The van der Waals surface area contributed by atoms with E-state index >= 15 is 0 Å². The van der Waals surface area contributed by atoms with E-state index in [1.165, 1.54) is 11.3 Å². The van der Waals surface area contributed by atoms with Crippen LogP contribution < -0.4 is 4.90 Å². The van der Waals surface area contributed by atoms with Gasteiger partial charge in [0.2, 0.25) is 12.1 Å². The highest BCUT2D eigenvalue weighted by molar-refractivity contribution is 5.74. The maximum Gasteiger partial charge on any atom is 0.311 e. The van der Waals surface area contributed by atoms with Gasteiger partial charge in [0.15, 0.2) is 5.60 Å². The Morgan fingerprint density at radius 2 is 1.84 bits per heavy atom. The van der Waals surface area contributed by atoms with Crippen LogP contribution in [0.15, 0.2) is 24.3 Å². The molecule has 5 aliphatic rings. The molecule has 2 bridgehead atoms. The molecule has 3 unspecified atom stereocenters. The molecule has 1 aliphatic carbocycles. The Balaban J connectivity index is 1.33. The second-order valence-electron chi connectivity index (χ2n) is 10.4. The minimum absolute atomic E-state index is 0.0821. The zero-order valence-corrected chi connectivity index (χ0v) is 19.1. The van der Waals surface area contributed by atoms with Crippen LogP contribution in [0.1, 0.15) is 57.9 Å². The van der Waals surface area contributed by atoms with E-state index < -0.39 is 17.7 Å². The molecule has 4 saturated heterocycles. The molecule has 1 saturated carbocycles. The van der Waals surface area contributed by atoms with Crippen molar-refractivity contribution in [3.8, 4) is 0 Å². The van der Waals surface area contributed by atoms with E-state index in [0.717, 1.165) is 44.9 Å². The van der Waals surface area contributed by atoms with Gasteiger partial charge in [-0.05, 0) is 69.1 Å². The van der Waals surface area contributed by atoms with Crippen LogP contribution in [0.4, 0.5) is 5.69 Å². The number of carbonyl (C=O) groups is 1. The minimum atomic E-state index is -0.830. The molecule has 0 aromatic heterocycles. The number of hydrogen-bond acceptors (Lipinski definition) is 6. The fourth-order valence-corrected chi connectivity index (χ4v) is 6.42. The Labute approximate surface area is 185 Å². The van der Waals surface area contributed by atoms with E-state index in [9.17, 15) is 4.79 Å². The van der Waals surface area contributed by atoms with Crippen molar-refractivity contribution in [2.75, 3.05) is 19.0 Å². The number of ether oxygens (including phenoxy) is 2. The molecule has 6 rings (SSSR count). The second-order valence-corrected chi connectivity index (χ2v) is 10.4. The summed E-state index contributed by atoms with van der Waals surface area (Å²) in [6, 6.07) is 8.65. The molecule has 5 fully saturated rings. The minimum Gasteiger partial charge on any atom is -0.432 e. The largest absolute Gasteiger partial charge is 0.432 e. The first kappa shape index (κ1) is 21.2. The van der Waals surface area contributed by atoms with Crippen LogP contribution in [-0.4, -0.2) is 37.7 Å². The molecule has 4 aliphatic heterocycles. The first-order valence-corrected chi connectivity index (χ1v) is 11.8. The first-order chi connectivity index (χ1) is 14.8. The zero-order chi connectivity index (χ0) is 21.8. The van der Waals surface area contributed by atoms with E-state index in [4.69, 9.17) is 19.2 Å². The molecule has 31 heavy (non-hydrogen) atoms. The topological polar surface area (TPSA) is 57.2 Å². The smallest absolute Gasteiger partial charge is 0.311 e. The highest BCUT2D eigenvalue weighted by atomic mass is 17.3. The van der Waals surface area contributed by atoms with Crippen LogP contribution in [0.2, 0.25) is 0 Å². The number of nitrogens with zero attached hydrogens (tertiary/aromatic N) is 1. The van der Waals surface area contributed by atoms with Crippen LogP contribution in [0.5, 0.6) is 0 Å². The van der Waals surface area contributed by atoms with Crippen LogP contribution in [-0.2, 0) is 30.5 Å². The molecule has 1 aromatic carbocycles. The number of rotatable bonds is 5. The average molecular weight is 430 g/mol. The third-order valence-corrected chi connectivity index (χ3v) is 8.22. The SMILES string of the molecule is C[C@@H]1CCC2[C@@H](CCCc3ccc(N(C)C)cc3)C(=O)O[C@@H]3OC4(C)CC[C@@H]1C23OO4. The summed E-state index contributed by atoms with van der Waals surface area (Å²) < 4.78 is 12.1. The number of esters is 1. The van der Waals surface area contributed by atoms with E-state index in [-0.39, 0.29) is 23.7 Å². The molecular formula is C25H35NO5. The van der Waals surface area contributed by atoms with Crippen LogP contribution in [0.25, 0.3) is 0 Å². The van der Waals surface area contributed by atoms with E-state index in [1.54, 1.807) is 0 Å². The number of carbonyl (C=O) groups excluding carboxylic acids is 1. The first-order valence-electron chi connectivity index (χ1n) is 11.8. The number of hydrogen-bond donors (Lipinski definition) is 0. The summed E-state index contributed by atoms with van der Waals surface area (Å²) in [5.41, 5.74) is 1.83. The van der Waals surface area contributed by atoms with Crippen LogP contribution in [0, 0.1) is 23.7 Å². The second kappa shape index (κ2) is 7.75. The Kier molecular flexibility index (Phi) is 5.31. The maximum absolute atomic E-state index is 13.1. The van der Waals surface area contributed by atoms with Crippen molar-refractivity contribution in [2.24, 2.45) is 23.7 Å². The fourth-order valence-electron chi connectivity index (χ4n) is 6.42. The summed E-state index contributed by atoms with van der Waals surface area (Å²) in [6.07, 6.45) is 5.84. The van der Waals surface area contributed by atoms with E-state index in [2.05, 4.69) is 36.1 Å². The van der Waals surface area contributed by atoms with Crippen molar-refractivity contribution in [1.29, 1.82) is 0 Å². The Bertz CT molecular complexity index is 826. The van der Waals surface area contributed by atoms with Crippen molar-refractivity contribution in [1.82, 2.24) is 0 Å². The van der Waals surface area contributed by atoms with Crippen LogP contribution in [0.3, 0.4) is 0 Å². The third-order valence-electron chi connectivity index (χ3n) is 8.22. The van der Waals surface area contributed by atoms with Crippen molar-refractivity contribution in [2.45, 2.75) is 76.5 Å². The lowest BCUT2D eigenvalue weighted by Gasteiger charge is -2.58. The highest BCUT2D eigenvalue weighted by Crippen LogP contribution is 2.60. The molecule has 0 amide bonds. The monoisotopic (exact) mass is 429 g/mol. The lowest BCUT2D eigenvalue weighted by Crippen LogP contribution is -2.70. The molecular weight excluding hydrogens is 394 g/mol. The zero-order valence-electron chi connectivity index (χ0n) is 19.1. The summed E-state index contributed by atoms with van der Waals surface area (Å²) in [7, 11) is 4.09. The van der Waals surface area contributed by atoms with Gasteiger partial charge in [-0.25, -0.2) is 9.78 Å². The Morgan fingerprint density at radius 3 is 2.58 bits per heavy atom. The molecule has 1 spiro atoms. The molecule has 170 valence electrons. The van der Waals surface area contributed by atoms with Crippen molar-refractivity contribution >= 4 is 11.7 Å². The van der Waals surface area contributed by atoms with Gasteiger partial charge < -0.3 is 14.4 Å². The van der Waals surface area contributed by atoms with Crippen molar-refractivity contribution < 1.29 is 24.0 Å². The standard InChI is InChI=1S/C25H35NO5/c1-16-8-13-21-19(7-5-6-17-9-11-18(12-10-17)26(3)4)22(27)28-23-25(21)20(16)14-15-24(2,29-23)30-31-25/h9-12,16,19-21,23H,5-8,13-15H2,1-4H3/t16-,19-,20+,21?,23-,24?,25?/m1/s1. The van der Waals surface area contributed by atoms with Gasteiger partial charge in [0.1, 0.15) is 0 Å². The van der Waals surface area contributed by atoms with Gasteiger partial charge in [0.25, 0.3) is 0 Å². The highest BCUT2D eigenvalue weighted by Gasteiger charge is 2.70.